The maximum Gasteiger partial charge on any atom is 0.323 e. The molecule has 2 N–H and O–H groups in total. The van der Waals surface area contributed by atoms with E-state index >= 15 is 0 Å². The molecular weight excluding hydrogens is 549 g/mol. The average Bonchev–Trinajstić information content (AvgIpc) is 3.13. The maximum absolute atomic E-state index is 14.4. The zero-order valence-corrected chi connectivity index (χ0v) is 24.2. The van der Waals surface area contributed by atoms with Crippen LogP contribution in [0, 0.1) is 28.1 Å². The van der Waals surface area contributed by atoms with Crippen molar-refractivity contribution in [3.05, 3.63) is 16.0 Å². The highest BCUT2D eigenvalue weighted by atomic mass is 32.2. The second kappa shape index (κ2) is 9.33. The molecule has 6 heterocycles. The zero-order chi connectivity index (χ0) is 27.7. The summed E-state index contributed by atoms with van der Waals surface area (Å²) in [6, 6.07) is 5.03. The minimum Gasteiger partial charge on any atom is -0.461 e. The predicted molar refractivity (Wildman–Crippen MR) is 152 cm³/mol. The van der Waals surface area contributed by atoms with E-state index < -0.39 is 6.17 Å². The molecule has 1 spiro atoms. The van der Waals surface area contributed by atoms with E-state index in [2.05, 4.69) is 21.9 Å². The molecule has 2 aromatic rings. The van der Waals surface area contributed by atoms with Crippen LogP contribution in [0.2, 0.25) is 0 Å². The highest BCUT2D eigenvalue weighted by molar-refractivity contribution is 8.00. The largest absolute Gasteiger partial charge is 0.461 e. The fraction of sp³-hybridized carbons (Fsp3) is 0.667. The summed E-state index contributed by atoms with van der Waals surface area (Å²) in [6.07, 6.45) is 3.34. The van der Waals surface area contributed by atoms with E-state index in [0.29, 0.717) is 68.2 Å². The van der Waals surface area contributed by atoms with Crippen molar-refractivity contribution in [2.45, 2.75) is 61.2 Å². The van der Waals surface area contributed by atoms with Gasteiger partial charge in [0.2, 0.25) is 11.9 Å². The molecule has 0 aromatic carbocycles. The van der Waals surface area contributed by atoms with Gasteiger partial charge in [-0.3, -0.25) is 4.90 Å². The van der Waals surface area contributed by atoms with Crippen LogP contribution in [-0.4, -0.2) is 77.4 Å². The number of nitrogens with two attached hydrogens (primary N) is 1. The van der Waals surface area contributed by atoms with Crippen LogP contribution >= 0.6 is 23.1 Å². The molecule has 10 nitrogen and oxygen atoms in total. The van der Waals surface area contributed by atoms with E-state index in [9.17, 15) is 14.9 Å². The molecular formula is C27H32FN9OS2. The summed E-state index contributed by atoms with van der Waals surface area (Å²) in [4.78, 5) is 21.8. The first kappa shape index (κ1) is 26.1. The SMILES string of the molecule is CCN(CC1(C#N)CC1)c1nc(OC[C@@]23CCCN2CC(F)C3)nc(N2CC3(C2)SCc2sc(N)c(C#N)c23)n1. The van der Waals surface area contributed by atoms with Crippen LogP contribution in [0.15, 0.2) is 0 Å². The van der Waals surface area contributed by atoms with Gasteiger partial charge >= 0.3 is 6.01 Å². The summed E-state index contributed by atoms with van der Waals surface area (Å²) in [5, 5.41) is 20.1. The number of hydrogen-bond donors (Lipinski definition) is 1. The Kier molecular flexibility index (Phi) is 6.08. The third-order valence-electron chi connectivity index (χ3n) is 9.30. The Morgan fingerprint density at radius 2 is 2.05 bits per heavy atom. The molecule has 1 saturated carbocycles. The summed E-state index contributed by atoms with van der Waals surface area (Å²) in [7, 11) is 0. The predicted octanol–water partition coefficient (Wildman–Crippen LogP) is 3.43. The quantitative estimate of drug-likeness (QED) is 0.492. The molecule has 4 aliphatic heterocycles. The van der Waals surface area contributed by atoms with E-state index in [0.717, 1.165) is 43.5 Å². The molecule has 1 aliphatic carbocycles. The van der Waals surface area contributed by atoms with Crippen LogP contribution in [-0.2, 0) is 10.5 Å². The average molecular weight is 582 g/mol. The number of rotatable bonds is 8. The molecule has 0 radical (unpaired) electrons. The zero-order valence-electron chi connectivity index (χ0n) is 22.5. The van der Waals surface area contributed by atoms with Gasteiger partial charge in [0.15, 0.2) is 0 Å². The Morgan fingerprint density at radius 1 is 1.23 bits per heavy atom. The van der Waals surface area contributed by atoms with Gasteiger partial charge in [-0.15, -0.1) is 23.1 Å². The highest BCUT2D eigenvalue weighted by Gasteiger charge is 2.54. The second-order valence-electron chi connectivity index (χ2n) is 11.9. The molecule has 0 amide bonds. The number of aromatic nitrogens is 3. The van der Waals surface area contributed by atoms with Gasteiger partial charge in [-0.1, -0.05) is 0 Å². The van der Waals surface area contributed by atoms with Crippen molar-refractivity contribution in [2.24, 2.45) is 5.41 Å². The highest BCUT2D eigenvalue weighted by Crippen LogP contribution is 2.58. The van der Waals surface area contributed by atoms with Crippen molar-refractivity contribution < 1.29 is 9.13 Å². The first-order valence-electron chi connectivity index (χ1n) is 14.0. The number of thioether (sulfide) groups is 1. The molecule has 3 saturated heterocycles. The molecule has 2 atom stereocenters. The van der Waals surface area contributed by atoms with Gasteiger partial charge in [-0.05, 0) is 39.2 Å². The van der Waals surface area contributed by atoms with Gasteiger partial charge in [0.05, 0.1) is 27.3 Å². The van der Waals surface area contributed by atoms with Gasteiger partial charge in [0, 0.05) is 55.3 Å². The fourth-order valence-electron chi connectivity index (χ4n) is 6.90. The van der Waals surface area contributed by atoms with E-state index in [4.69, 9.17) is 25.4 Å². The Balaban J connectivity index is 1.17. The summed E-state index contributed by atoms with van der Waals surface area (Å²) >= 11 is 3.37. The monoisotopic (exact) mass is 581 g/mol. The summed E-state index contributed by atoms with van der Waals surface area (Å²) < 4.78 is 20.4. The molecule has 5 aliphatic rings. The van der Waals surface area contributed by atoms with E-state index in [1.807, 2.05) is 23.6 Å². The molecule has 0 bridgehead atoms. The Bertz CT molecular complexity index is 1430. The molecule has 1 unspecified atom stereocenters. The number of ether oxygens (including phenoxy) is 1. The lowest BCUT2D eigenvalue weighted by atomic mass is 9.88. The van der Waals surface area contributed by atoms with Crippen molar-refractivity contribution in [3.63, 3.8) is 0 Å². The topological polar surface area (TPSA) is 131 Å². The number of halogens is 1. The Labute approximate surface area is 241 Å². The normalized spacial score (nSPS) is 27.1. The van der Waals surface area contributed by atoms with Crippen LogP contribution in [0.25, 0.3) is 0 Å². The number of hydrogen-bond acceptors (Lipinski definition) is 12. The second-order valence-corrected chi connectivity index (χ2v) is 14.4. The van der Waals surface area contributed by atoms with Gasteiger partial charge in [0.1, 0.15) is 23.8 Å². The first-order valence-corrected chi connectivity index (χ1v) is 15.8. The Morgan fingerprint density at radius 3 is 2.77 bits per heavy atom. The van der Waals surface area contributed by atoms with Crippen molar-refractivity contribution in [1.82, 2.24) is 19.9 Å². The lowest BCUT2D eigenvalue weighted by Gasteiger charge is -2.47. The molecule has 4 fully saturated rings. The molecule has 210 valence electrons. The Hall–Kier alpha value is -2.87. The molecule has 40 heavy (non-hydrogen) atoms. The van der Waals surface area contributed by atoms with Crippen LogP contribution < -0.4 is 20.3 Å². The van der Waals surface area contributed by atoms with E-state index in [1.165, 1.54) is 16.2 Å². The van der Waals surface area contributed by atoms with Crippen molar-refractivity contribution in [1.29, 1.82) is 10.5 Å². The number of alkyl halides is 1. The number of anilines is 3. The lowest BCUT2D eigenvalue weighted by molar-refractivity contribution is 0.107. The summed E-state index contributed by atoms with van der Waals surface area (Å²) in [5.41, 5.74) is 7.19. The third-order valence-corrected chi connectivity index (χ3v) is 12.0. The summed E-state index contributed by atoms with van der Waals surface area (Å²) in [6.45, 7) is 6.26. The van der Waals surface area contributed by atoms with Crippen LogP contribution in [0.5, 0.6) is 6.01 Å². The van der Waals surface area contributed by atoms with Crippen molar-refractivity contribution >= 4 is 40.0 Å². The van der Waals surface area contributed by atoms with Crippen LogP contribution in [0.3, 0.4) is 0 Å². The van der Waals surface area contributed by atoms with Crippen LogP contribution in [0.4, 0.5) is 21.3 Å². The lowest BCUT2D eigenvalue weighted by Crippen LogP contribution is -2.57. The van der Waals surface area contributed by atoms with Crippen molar-refractivity contribution in [2.75, 3.05) is 61.4 Å². The minimum absolute atomic E-state index is 0.199. The van der Waals surface area contributed by atoms with Gasteiger partial charge in [0.25, 0.3) is 0 Å². The van der Waals surface area contributed by atoms with Gasteiger partial charge in [-0.2, -0.15) is 25.5 Å². The van der Waals surface area contributed by atoms with Gasteiger partial charge < -0.3 is 20.3 Å². The smallest absolute Gasteiger partial charge is 0.323 e. The number of thiophene rings is 1. The third kappa shape index (κ3) is 4.08. The standard InChI is InChI=1S/C27H32FN9OS2/c1-2-35(13-25(12-30)5-6-25)22-32-23(34-24(33-22)38-16-26-4-3-7-37(26)10-17(28)8-26)36-14-27(15-36)20-18(9-29)21(31)40-19(20)11-39-27/h17H,2-8,10-11,13-16,31H2,1H3/t17?,26-/m0/s1. The number of nitrogens with zero attached hydrogens (tertiary/aromatic N) is 8. The summed E-state index contributed by atoms with van der Waals surface area (Å²) in [5.74, 6) is 1.87. The number of fused-ring (bicyclic) bond motifs is 3. The number of nitriles is 2. The number of nitrogen functional groups attached to an aromatic ring is 1. The fourth-order valence-corrected chi connectivity index (χ4v) is 9.71. The van der Waals surface area contributed by atoms with E-state index in [-0.39, 0.29) is 21.7 Å². The minimum atomic E-state index is -0.833. The van der Waals surface area contributed by atoms with Gasteiger partial charge in [-0.25, -0.2) is 4.39 Å². The molecule has 2 aromatic heterocycles. The maximum atomic E-state index is 14.4. The molecule has 13 heteroatoms. The van der Waals surface area contributed by atoms with E-state index in [1.54, 1.807) is 0 Å². The van der Waals surface area contributed by atoms with Crippen LogP contribution in [0.1, 0.15) is 55.0 Å². The molecule has 7 rings (SSSR count). The van der Waals surface area contributed by atoms with Crippen molar-refractivity contribution in [3.8, 4) is 18.1 Å². The first-order chi connectivity index (χ1) is 19.3.